The molecule has 156 valence electrons. The number of rotatable bonds is 7. The molecule has 1 N–H and O–H groups in total. The van der Waals surface area contributed by atoms with Crippen LogP contribution >= 0.6 is 23.8 Å². The highest BCUT2D eigenvalue weighted by molar-refractivity contribution is 7.71. The van der Waals surface area contributed by atoms with Crippen LogP contribution in [-0.2, 0) is 6.61 Å². The topological polar surface area (TPSA) is 64.4 Å². The van der Waals surface area contributed by atoms with Crippen LogP contribution in [0.25, 0.3) is 11.4 Å². The van der Waals surface area contributed by atoms with Crippen LogP contribution in [0.5, 0.6) is 11.5 Å². The maximum atomic E-state index is 6.11. The number of aromatic nitrogens is 3. The van der Waals surface area contributed by atoms with Crippen molar-refractivity contribution < 1.29 is 9.47 Å². The van der Waals surface area contributed by atoms with Gasteiger partial charge in [0.1, 0.15) is 6.61 Å². The minimum atomic E-state index is 0.375. The molecular formula is C23H19ClN4O2S. The van der Waals surface area contributed by atoms with Crippen LogP contribution in [0.1, 0.15) is 11.1 Å². The minimum absolute atomic E-state index is 0.375. The zero-order valence-corrected chi connectivity index (χ0v) is 18.2. The highest BCUT2D eigenvalue weighted by Gasteiger charge is 2.09. The number of nitrogens with one attached hydrogen (secondary N) is 1. The second-order valence-corrected chi connectivity index (χ2v) is 7.43. The van der Waals surface area contributed by atoms with E-state index in [1.165, 1.54) is 0 Å². The van der Waals surface area contributed by atoms with Crippen LogP contribution in [0.15, 0.2) is 77.9 Å². The zero-order chi connectivity index (χ0) is 21.6. The van der Waals surface area contributed by atoms with Crippen LogP contribution in [0.2, 0.25) is 5.02 Å². The highest BCUT2D eigenvalue weighted by atomic mass is 35.5. The van der Waals surface area contributed by atoms with E-state index in [2.05, 4.69) is 15.3 Å². The number of hydrogen-bond donors (Lipinski definition) is 1. The van der Waals surface area contributed by atoms with Crippen LogP contribution in [-0.4, -0.2) is 28.2 Å². The van der Waals surface area contributed by atoms with Gasteiger partial charge in [-0.05, 0) is 53.7 Å². The smallest absolute Gasteiger partial charge is 0.216 e. The first-order valence-electron chi connectivity index (χ1n) is 9.46. The third-order valence-corrected chi connectivity index (χ3v) is 4.98. The normalized spacial score (nSPS) is 11.0. The molecule has 0 bridgehead atoms. The van der Waals surface area contributed by atoms with E-state index in [1.54, 1.807) is 30.1 Å². The van der Waals surface area contributed by atoms with Gasteiger partial charge in [-0.15, -0.1) is 0 Å². The Morgan fingerprint density at radius 3 is 2.68 bits per heavy atom. The Kier molecular flexibility index (Phi) is 6.45. The molecule has 0 aliphatic carbocycles. The molecule has 0 atom stereocenters. The van der Waals surface area contributed by atoms with E-state index in [0.717, 1.165) is 16.7 Å². The fourth-order valence-electron chi connectivity index (χ4n) is 2.96. The maximum absolute atomic E-state index is 6.11. The summed E-state index contributed by atoms with van der Waals surface area (Å²) in [7, 11) is 1.61. The van der Waals surface area contributed by atoms with E-state index in [9.17, 15) is 0 Å². The second-order valence-electron chi connectivity index (χ2n) is 6.60. The summed E-state index contributed by atoms with van der Waals surface area (Å²) in [4.78, 5) is 0. The Bertz CT molecular complexity index is 1270. The lowest BCUT2D eigenvalue weighted by Gasteiger charge is -2.11. The van der Waals surface area contributed by atoms with Gasteiger partial charge in [0.25, 0.3) is 0 Å². The molecule has 0 radical (unpaired) electrons. The molecule has 1 heterocycles. The van der Waals surface area contributed by atoms with Gasteiger partial charge < -0.3 is 9.47 Å². The van der Waals surface area contributed by atoms with Gasteiger partial charge in [0.2, 0.25) is 4.77 Å². The quantitative estimate of drug-likeness (QED) is 0.288. The number of H-pyrrole nitrogens is 1. The SMILES string of the molecule is COc1ccc(/C=N/n2c(-c3cccc(Cl)c3)n[nH]c2=S)cc1OCc1ccccc1. The molecule has 0 fully saturated rings. The third-order valence-electron chi connectivity index (χ3n) is 4.48. The predicted molar refractivity (Wildman–Crippen MR) is 125 cm³/mol. The molecule has 4 aromatic rings. The lowest BCUT2D eigenvalue weighted by molar-refractivity contribution is 0.284. The van der Waals surface area contributed by atoms with Gasteiger partial charge in [0, 0.05) is 10.6 Å². The van der Waals surface area contributed by atoms with Crippen molar-refractivity contribution in [2.75, 3.05) is 7.11 Å². The van der Waals surface area contributed by atoms with E-state index in [1.807, 2.05) is 60.7 Å². The van der Waals surface area contributed by atoms with Crippen molar-refractivity contribution in [3.8, 4) is 22.9 Å². The molecule has 0 saturated heterocycles. The molecule has 4 rings (SSSR count). The number of aromatic amines is 1. The molecule has 0 spiro atoms. The molecule has 31 heavy (non-hydrogen) atoms. The third kappa shape index (κ3) is 5.02. The van der Waals surface area contributed by atoms with Crippen molar-refractivity contribution in [1.82, 2.24) is 14.9 Å². The number of halogens is 1. The fourth-order valence-corrected chi connectivity index (χ4v) is 3.33. The highest BCUT2D eigenvalue weighted by Crippen LogP contribution is 2.28. The van der Waals surface area contributed by atoms with E-state index < -0.39 is 0 Å². The summed E-state index contributed by atoms with van der Waals surface area (Å²) in [6.07, 6.45) is 1.69. The number of hydrogen-bond acceptors (Lipinski definition) is 5. The number of benzene rings is 3. The van der Waals surface area contributed by atoms with Gasteiger partial charge >= 0.3 is 0 Å². The van der Waals surface area contributed by atoms with Crippen molar-refractivity contribution in [3.63, 3.8) is 0 Å². The van der Waals surface area contributed by atoms with Crippen LogP contribution in [0, 0.1) is 4.77 Å². The average Bonchev–Trinajstić information content (AvgIpc) is 3.17. The van der Waals surface area contributed by atoms with Crippen LogP contribution in [0.3, 0.4) is 0 Å². The molecule has 0 saturated carbocycles. The molecule has 0 aliphatic rings. The van der Waals surface area contributed by atoms with E-state index in [0.29, 0.717) is 33.7 Å². The molecule has 0 unspecified atom stereocenters. The van der Waals surface area contributed by atoms with Crippen LogP contribution < -0.4 is 9.47 Å². The maximum Gasteiger partial charge on any atom is 0.216 e. The first-order chi connectivity index (χ1) is 15.1. The summed E-state index contributed by atoms with van der Waals surface area (Å²) < 4.78 is 13.3. The van der Waals surface area contributed by atoms with E-state index in [-0.39, 0.29) is 0 Å². The summed E-state index contributed by atoms with van der Waals surface area (Å²) in [6.45, 7) is 0.434. The molecule has 0 aliphatic heterocycles. The van der Waals surface area contributed by atoms with Gasteiger partial charge in [0.15, 0.2) is 17.3 Å². The number of nitrogens with zero attached hydrogens (tertiary/aromatic N) is 3. The first-order valence-corrected chi connectivity index (χ1v) is 10.2. The molecule has 8 heteroatoms. The van der Waals surface area contributed by atoms with E-state index >= 15 is 0 Å². The standard InChI is InChI=1S/C23H19ClN4O2S/c1-29-20-11-10-17(12-21(20)30-15-16-6-3-2-4-7-16)14-25-28-22(26-27-23(28)31)18-8-5-9-19(24)13-18/h2-14H,15H2,1H3,(H,27,31)/b25-14+. The van der Waals surface area contributed by atoms with Crippen LogP contribution in [0.4, 0.5) is 0 Å². The molecular weight excluding hydrogens is 432 g/mol. The zero-order valence-electron chi connectivity index (χ0n) is 16.7. The Hall–Kier alpha value is -3.42. The van der Waals surface area contributed by atoms with Crippen molar-refractivity contribution >= 4 is 30.0 Å². The molecule has 3 aromatic carbocycles. The molecule has 6 nitrogen and oxygen atoms in total. The summed E-state index contributed by atoms with van der Waals surface area (Å²) in [5.74, 6) is 1.84. The summed E-state index contributed by atoms with van der Waals surface area (Å²) >= 11 is 11.4. The average molecular weight is 451 g/mol. The molecule has 1 aromatic heterocycles. The largest absolute Gasteiger partial charge is 0.493 e. The van der Waals surface area contributed by atoms with Gasteiger partial charge in [-0.1, -0.05) is 54.1 Å². The molecule has 0 amide bonds. The first kappa shape index (κ1) is 20.8. The number of ether oxygens (including phenoxy) is 2. The Morgan fingerprint density at radius 2 is 1.90 bits per heavy atom. The number of methoxy groups -OCH3 is 1. The Morgan fingerprint density at radius 1 is 1.06 bits per heavy atom. The minimum Gasteiger partial charge on any atom is -0.493 e. The van der Waals surface area contributed by atoms with Crippen molar-refractivity contribution in [2.24, 2.45) is 5.10 Å². The Balaban J connectivity index is 1.60. The van der Waals surface area contributed by atoms with Gasteiger partial charge in [-0.25, -0.2) is 5.10 Å². The van der Waals surface area contributed by atoms with Crippen molar-refractivity contribution in [1.29, 1.82) is 0 Å². The van der Waals surface area contributed by atoms with Gasteiger partial charge in [0.05, 0.1) is 13.3 Å². The lowest BCUT2D eigenvalue weighted by Crippen LogP contribution is -1.99. The second kappa shape index (κ2) is 9.59. The predicted octanol–water partition coefficient (Wildman–Crippen LogP) is 5.73. The van der Waals surface area contributed by atoms with Gasteiger partial charge in [-0.3, -0.25) is 0 Å². The van der Waals surface area contributed by atoms with Crippen molar-refractivity contribution in [3.05, 3.63) is 93.7 Å². The monoisotopic (exact) mass is 450 g/mol. The summed E-state index contributed by atoms with van der Waals surface area (Å²) in [5, 5.41) is 12.2. The van der Waals surface area contributed by atoms with E-state index in [4.69, 9.17) is 33.3 Å². The Labute approximate surface area is 189 Å². The fraction of sp³-hybridized carbons (Fsp3) is 0.0870. The summed E-state index contributed by atoms with van der Waals surface area (Å²) in [6, 6.07) is 22.9. The van der Waals surface area contributed by atoms with Crippen molar-refractivity contribution in [2.45, 2.75) is 6.61 Å². The summed E-state index contributed by atoms with van der Waals surface area (Å²) in [5.41, 5.74) is 2.70. The lowest BCUT2D eigenvalue weighted by atomic mass is 10.2. The van der Waals surface area contributed by atoms with Gasteiger partial charge in [-0.2, -0.15) is 14.9 Å².